The fourth-order valence-electron chi connectivity index (χ4n) is 4.96. The van der Waals surface area contributed by atoms with Crippen molar-refractivity contribution in [1.29, 1.82) is 0 Å². The summed E-state index contributed by atoms with van der Waals surface area (Å²) < 4.78 is 40.2. The van der Waals surface area contributed by atoms with Gasteiger partial charge >= 0.3 is 21.1 Å². The summed E-state index contributed by atoms with van der Waals surface area (Å²) in [4.78, 5) is 8.58. The minimum atomic E-state index is -0.476. The quantitative estimate of drug-likeness (QED) is 0.236. The van der Waals surface area contributed by atoms with Gasteiger partial charge in [0.05, 0.1) is 33.6 Å². The van der Waals surface area contributed by atoms with Gasteiger partial charge in [0.1, 0.15) is 0 Å². The van der Waals surface area contributed by atoms with E-state index in [0.717, 1.165) is 21.6 Å². The third-order valence-corrected chi connectivity index (χ3v) is 10.7. The first-order chi connectivity index (χ1) is 23.1. The van der Waals surface area contributed by atoms with Crippen molar-refractivity contribution in [3.63, 3.8) is 0 Å². The molecule has 0 atom stereocenters. The maximum Gasteiger partial charge on any atom is 0.496 e. The molecule has 0 aromatic carbocycles. The Morgan fingerprint density at radius 2 is 0.900 bits per heavy atom. The van der Waals surface area contributed by atoms with Gasteiger partial charge in [0, 0.05) is 47.1 Å². The van der Waals surface area contributed by atoms with Crippen LogP contribution in [0.5, 0.6) is 0 Å². The molecule has 4 aromatic heterocycles. The molecular formula is C34H48B3BrN6O6. The first kappa shape index (κ1) is 38.4. The molecule has 0 amide bonds. The van der Waals surface area contributed by atoms with Crippen LogP contribution in [0.2, 0.25) is 0 Å². The monoisotopic (exact) mass is 748 g/mol. The van der Waals surface area contributed by atoms with Gasteiger partial charge in [0.15, 0.2) is 11.6 Å². The number of aromatic nitrogens is 6. The number of halogens is 1. The van der Waals surface area contributed by atoms with Gasteiger partial charge in [-0.25, -0.2) is 19.3 Å². The van der Waals surface area contributed by atoms with Crippen LogP contribution in [0, 0.1) is 0 Å². The highest BCUT2D eigenvalue weighted by molar-refractivity contribution is 9.10. The van der Waals surface area contributed by atoms with Crippen LogP contribution in [0.4, 0.5) is 0 Å². The standard InChI is InChI=1S/C14H18BN3O2.C12H24B2O4.C8H6BrN3/c1-13(2)14(3,4)20-15(19-13)11-6-7-12(16-10-11)18-9-5-8-17-18;1-9(2)10(3,4)16-13(15-9)14-17-11(5,6)12(7,8)18-14;9-7-2-3-8(10-6-7)12-5-1-4-11-12/h5-10H,1-4H3;1-8H3;1-6H. The number of nitrogens with zero attached hydrogens (tertiary/aromatic N) is 6. The van der Waals surface area contributed by atoms with Gasteiger partial charge in [-0.3, -0.25) is 0 Å². The summed E-state index contributed by atoms with van der Waals surface area (Å²) in [5.41, 5.74) is -1.19. The second kappa shape index (κ2) is 13.9. The zero-order chi connectivity index (χ0) is 36.8. The van der Waals surface area contributed by atoms with E-state index in [0.29, 0.717) is 0 Å². The molecule has 7 rings (SSSR count). The van der Waals surface area contributed by atoms with Gasteiger partial charge in [-0.1, -0.05) is 6.07 Å². The Hall–Kier alpha value is -2.85. The van der Waals surface area contributed by atoms with Crippen LogP contribution in [-0.4, -0.2) is 84.3 Å². The average molecular weight is 749 g/mol. The molecule has 3 aliphatic rings. The first-order valence-electron chi connectivity index (χ1n) is 16.8. The van der Waals surface area contributed by atoms with Crippen LogP contribution in [0.1, 0.15) is 83.1 Å². The van der Waals surface area contributed by atoms with Gasteiger partial charge in [-0.2, -0.15) is 10.2 Å². The third-order valence-electron chi connectivity index (χ3n) is 10.3. The number of hydrogen-bond donors (Lipinski definition) is 0. The Morgan fingerprint density at radius 3 is 1.22 bits per heavy atom. The minimum Gasteiger partial charge on any atom is -0.405 e. The van der Waals surface area contributed by atoms with Crippen molar-refractivity contribution in [2.45, 2.75) is 117 Å². The van der Waals surface area contributed by atoms with Gasteiger partial charge in [0.25, 0.3) is 0 Å². The molecule has 7 heterocycles. The second-order valence-electron chi connectivity index (χ2n) is 15.5. The molecule has 3 aliphatic heterocycles. The summed E-state index contributed by atoms with van der Waals surface area (Å²) >= 11 is 3.32. The van der Waals surface area contributed by atoms with Crippen molar-refractivity contribution < 1.29 is 27.9 Å². The fraction of sp³-hybridized carbons (Fsp3) is 0.529. The second-order valence-corrected chi connectivity index (χ2v) is 16.4. The summed E-state index contributed by atoms with van der Waals surface area (Å²) in [5.74, 6) is 1.60. The normalized spacial score (nSPS) is 22.1. The Bertz CT molecular complexity index is 1620. The molecule has 3 fully saturated rings. The molecule has 0 aliphatic carbocycles. The predicted octanol–water partition coefficient (Wildman–Crippen LogP) is 5.85. The van der Waals surface area contributed by atoms with E-state index in [1.807, 2.05) is 132 Å². The van der Waals surface area contributed by atoms with E-state index < -0.39 is 14.0 Å². The summed E-state index contributed by atoms with van der Waals surface area (Å²) in [6.07, 6.45) is 10.7. The lowest BCUT2D eigenvalue weighted by Gasteiger charge is -2.32. The van der Waals surface area contributed by atoms with Gasteiger partial charge in [-0.05, 0) is 129 Å². The fourth-order valence-corrected chi connectivity index (χ4v) is 5.20. The Kier molecular flexibility index (Phi) is 10.7. The summed E-state index contributed by atoms with van der Waals surface area (Å²) in [6, 6.07) is 11.4. The van der Waals surface area contributed by atoms with E-state index in [1.54, 1.807) is 34.2 Å². The number of pyridine rings is 2. The van der Waals surface area contributed by atoms with E-state index >= 15 is 0 Å². The maximum absolute atomic E-state index is 6.00. The molecule has 0 bridgehead atoms. The van der Waals surface area contributed by atoms with Crippen LogP contribution >= 0.6 is 15.9 Å². The van der Waals surface area contributed by atoms with E-state index in [4.69, 9.17) is 27.9 Å². The smallest absolute Gasteiger partial charge is 0.405 e. The topological polar surface area (TPSA) is 117 Å². The predicted molar refractivity (Wildman–Crippen MR) is 198 cm³/mol. The maximum atomic E-state index is 6.00. The molecule has 4 aromatic rings. The summed E-state index contributed by atoms with van der Waals surface area (Å²) in [5, 5.41) is 8.21. The average Bonchev–Trinajstić information content (AvgIpc) is 3.84. The molecule has 0 N–H and O–H groups in total. The number of hydrogen-bond acceptors (Lipinski definition) is 10. The molecular weight excluding hydrogens is 701 g/mol. The third kappa shape index (κ3) is 8.12. The molecule has 266 valence electrons. The van der Waals surface area contributed by atoms with Crippen molar-refractivity contribution in [2.24, 2.45) is 0 Å². The molecule has 0 unspecified atom stereocenters. The van der Waals surface area contributed by atoms with E-state index in [-0.39, 0.29) is 40.7 Å². The molecule has 50 heavy (non-hydrogen) atoms. The van der Waals surface area contributed by atoms with Crippen LogP contribution in [0.15, 0.2) is 78.1 Å². The zero-order valence-electron chi connectivity index (χ0n) is 31.2. The minimum absolute atomic E-state index is 0.335. The van der Waals surface area contributed by atoms with Crippen LogP contribution in [0.3, 0.4) is 0 Å². The highest BCUT2D eigenvalue weighted by Gasteiger charge is 2.63. The van der Waals surface area contributed by atoms with Crippen LogP contribution in [0.25, 0.3) is 11.6 Å². The van der Waals surface area contributed by atoms with Crippen LogP contribution < -0.4 is 5.46 Å². The van der Waals surface area contributed by atoms with E-state index in [2.05, 4.69) is 36.1 Å². The summed E-state index contributed by atoms with van der Waals surface area (Å²) in [6.45, 7) is 24.4. The molecule has 0 spiro atoms. The Morgan fingerprint density at radius 1 is 0.520 bits per heavy atom. The molecule has 0 saturated carbocycles. The van der Waals surface area contributed by atoms with Crippen molar-refractivity contribution in [3.05, 3.63) is 78.1 Å². The molecule has 16 heteroatoms. The van der Waals surface area contributed by atoms with Crippen molar-refractivity contribution >= 4 is 42.5 Å². The highest BCUT2D eigenvalue weighted by Crippen LogP contribution is 2.43. The SMILES string of the molecule is Brc1ccc(-n2cccn2)nc1.CC1(C)OB(B2OC(C)(C)C(C)(C)O2)OC1(C)C.CC1(C)OB(c2ccc(-n3cccn3)nc2)OC1(C)C. The lowest BCUT2D eigenvalue weighted by molar-refractivity contribution is 0.00578. The summed E-state index contributed by atoms with van der Waals surface area (Å²) in [7, 11) is -1.33. The van der Waals surface area contributed by atoms with E-state index in [9.17, 15) is 0 Å². The van der Waals surface area contributed by atoms with Gasteiger partial charge in [-0.15, -0.1) is 0 Å². The largest absolute Gasteiger partial charge is 0.496 e. The van der Waals surface area contributed by atoms with Gasteiger partial charge < -0.3 is 27.9 Å². The number of rotatable bonds is 4. The lowest BCUT2D eigenvalue weighted by atomic mass is 9.49. The van der Waals surface area contributed by atoms with Crippen LogP contribution in [-0.2, 0) is 27.9 Å². The van der Waals surface area contributed by atoms with Crippen molar-refractivity contribution in [1.82, 2.24) is 29.5 Å². The Balaban J connectivity index is 0.000000150. The molecule has 12 nitrogen and oxygen atoms in total. The first-order valence-corrected chi connectivity index (χ1v) is 17.6. The lowest BCUT2D eigenvalue weighted by Crippen LogP contribution is -2.41. The zero-order valence-corrected chi connectivity index (χ0v) is 32.8. The Labute approximate surface area is 305 Å². The highest BCUT2D eigenvalue weighted by atomic mass is 79.9. The molecule has 3 saturated heterocycles. The van der Waals surface area contributed by atoms with Gasteiger partial charge in [0.2, 0.25) is 0 Å². The van der Waals surface area contributed by atoms with Crippen molar-refractivity contribution in [2.75, 3.05) is 0 Å². The molecule has 0 radical (unpaired) electrons. The van der Waals surface area contributed by atoms with E-state index in [1.165, 1.54) is 0 Å². The van der Waals surface area contributed by atoms with Crippen molar-refractivity contribution in [3.8, 4) is 11.6 Å².